The van der Waals surface area contributed by atoms with Gasteiger partial charge in [0.2, 0.25) is 0 Å². The first kappa shape index (κ1) is 13.9. The van der Waals surface area contributed by atoms with E-state index < -0.39 is 12.1 Å². The lowest BCUT2D eigenvalue weighted by Crippen LogP contribution is -2.20. The molecule has 3 nitrogen and oxygen atoms in total. The Morgan fingerprint density at radius 3 is 2.35 bits per heavy atom. The van der Waals surface area contributed by atoms with Gasteiger partial charge in [0.25, 0.3) is 0 Å². The van der Waals surface area contributed by atoms with Gasteiger partial charge in [-0.25, -0.2) is 4.79 Å². The van der Waals surface area contributed by atoms with Crippen LogP contribution in [0.1, 0.15) is 6.92 Å². The minimum absolute atomic E-state index is 0.0351. The van der Waals surface area contributed by atoms with Crippen molar-refractivity contribution >= 4 is 5.97 Å². The van der Waals surface area contributed by atoms with Crippen molar-refractivity contribution in [3.8, 4) is 16.9 Å². The highest BCUT2D eigenvalue weighted by Gasteiger charge is 2.16. The standard InChI is InChI=1S/C17H16O3/c1-12(17(18)19)13(2)20-16-11-7-6-10-15(16)14-8-4-3-5-9-14/h3-11,13H,1H2,2H3,(H,18,19). The average Bonchev–Trinajstić information content (AvgIpc) is 2.47. The molecule has 2 aromatic rings. The summed E-state index contributed by atoms with van der Waals surface area (Å²) in [5, 5.41) is 8.94. The van der Waals surface area contributed by atoms with Crippen LogP contribution >= 0.6 is 0 Å². The summed E-state index contributed by atoms with van der Waals surface area (Å²) >= 11 is 0. The van der Waals surface area contributed by atoms with Gasteiger partial charge in [0.15, 0.2) is 0 Å². The highest BCUT2D eigenvalue weighted by atomic mass is 16.5. The van der Waals surface area contributed by atoms with Gasteiger partial charge in [-0.15, -0.1) is 0 Å². The molecule has 0 aromatic heterocycles. The third-order valence-corrected chi connectivity index (χ3v) is 3.04. The monoisotopic (exact) mass is 268 g/mol. The molecule has 0 aliphatic carbocycles. The number of para-hydroxylation sites is 1. The van der Waals surface area contributed by atoms with E-state index in [2.05, 4.69) is 6.58 Å². The van der Waals surface area contributed by atoms with Gasteiger partial charge in [-0.1, -0.05) is 55.1 Å². The Kier molecular flexibility index (Phi) is 4.20. The topological polar surface area (TPSA) is 46.5 Å². The summed E-state index contributed by atoms with van der Waals surface area (Å²) in [5.74, 6) is -0.400. The second kappa shape index (κ2) is 6.06. The second-order valence-electron chi connectivity index (χ2n) is 4.45. The van der Waals surface area contributed by atoms with Gasteiger partial charge >= 0.3 is 5.97 Å². The van der Waals surface area contributed by atoms with Crippen LogP contribution in [0.5, 0.6) is 5.75 Å². The largest absolute Gasteiger partial charge is 0.485 e. The predicted molar refractivity (Wildman–Crippen MR) is 78.7 cm³/mol. The van der Waals surface area contributed by atoms with E-state index in [0.29, 0.717) is 5.75 Å². The van der Waals surface area contributed by atoms with E-state index in [0.717, 1.165) is 11.1 Å². The molecule has 20 heavy (non-hydrogen) atoms. The van der Waals surface area contributed by atoms with Crippen molar-refractivity contribution in [1.29, 1.82) is 0 Å². The molecular weight excluding hydrogens is 252 g/mol. The SMILES string of the molecule is C=C(C(=O)O)C(C)Oc1ccccc1-c1ccccc1. The van der Waals surface area contributed by atoms with E-state index in [9.17, 15) is 4.79 Å². The predicted octanol–water partition coefficient (Wildman–Crippen LogP) is 3.76. The van der Waals surface area contributed by atoms with E-state index in [1.165, 1.54) is 0 Å². The summed E-state index contributed by atoms with van der Waals surface area (Å²) < 4.78 is 5.74. The van der Waals surface area contributed by atoms with Crippen LogP contribution in [0.25, 0.3) is 11.1 Å². The zero-order chi connectivity index (χ0) is 14.5. The van der Waals surface area contributed by atoms with Crippen LogP contribution in [0.2, 0.25) is 0 Å². The first-order chi connectivity index (χ1) is 9.59. The number of aliphatic carboxylic acids is 1. The Hall–Kier alpha value is -2.55. The van der Waals surface area contributed by atoms with Crippen molar-refractivity contribution in [3.05, 3.63) is 66.7 Å². The fraction of sp³-hybridized carbons (Fsp3) is 0.118. The highest BCUT2D eigenvalue weighted by Crippen LogP contribution is 2.30. The number of carbonyl (C=O) groups is 1. The lowest BCUT2D eigenvalue weighted by Gasteiger charge is -2.17. The van der Waals surface area contributed by atoms with Crippen molar-refractivity contribution in [3.63, 3.8) is 0 Å². The second-order valence-corrected chi connectivity index (χ2v) is 4.45. The molecule has 0 spiro atoms. The first-order valence-electron chi connectivity index (χ1n) is 6.33. The lowest BCUT2D eigenvalue weighted by molar-refractivity contribution is -0.133. The normalized spacial score (nSPS) is 11.7. The molecule has 3 heteroatoms. The van der Waals surface area contributed by atoms with Gasteiger partial charge in [-0.3, -0.25) is 0 Å². The zero-order valence-electron chi connectivity index (χ0n) is 11.2. The summed E-state index contributed by atoms with van der Waals surface area (Å²) in [7, 11) is 0. The number of ether oxygens (including phenoxy) is 1. The van der Waals surface area contributed by atoms with Gasteiger partial charge in [-0.2, -0.15) is 0 Å². The lowest BCUT2D eigenvalue weighted by atomic mass is 10.0. The zero-order valence-corrected chi connectivity index (χ0v) is 11.2. The molecule has 0 aliphatic heterocycles. The maximum atomic E-state index is 10.9. The maximum Gasteiger partial charge on any atom is 0.334 e. The Morgan fingerprint density at radius 1 is 1.10 bits per heavy atom. The van der Waals surface area contributed by atoms with E-state index in [4.69, 9.17) is 9.84 Å². The minimum atomic E-state index is -1.05. The molecule has 2 rings (SSSR count). The Morgan fingerprint density at radius 2 is 1.70 bits per heavy atom. The summed E-state index contributed by atoms with van der Waals surface area (Å²) in [5.41, 5.74) is 1.99. The minimum Gasteiger partial charge on any atom is -0.485 e. The summed E-state index contributed by atoms with van der Waals surface area (Å²) in [4.78, 5) is 10.9. The van der Waals surface area contributed by atoms with E-state index in [-0.39, 0.29) is 5.57 Å². The number of rotatable bonds is 5. The molecule has 0 aliphatic rings. The van der Waals surface area contributed by atoms with Crippen molar-refractivity contribution in [2.75, 3.05) is 0 Å². The number of carboxylic acid groups (broad SMARTS) is 1. The van der Waals surface area contributed by atoms with Crippen molar-refractivity contribution < 1.29 is 14.6 Å². The molecule has 2 aromatic carbocycles. The molecule has 1 unspecified atom stereocenters. The van der Waals surface area contributed by atoms with Crippen LogP contribution in [0.15, 0.2) is 66.7 Å². The van der Waals surface area contributed by atoms with Crippen molar-refractivity contribution in [1.82, 2.24) is 0 Å². The first-order valence-corrected chi connectivity index (χ1v) is 6.33. The highest BCUT2D eigenvalue weighted by molar-refractivity contribution is 5.87. The molecule has 0 bridgehead atoms. The molecule has 0 saturated carbocycles. The third-order valence-electron chi connectivity index (χ3n) is 3.04. The fourth-order valence-corrected chi connectivity index (χ4v) is 1.86. The number of carboxylic acids is 1. The average molecular weight is 268 g/mol. The Labute approximate surface area is 118 Å². The van der Waals surface area contributed by atoms with Crippen LogP contribution in [0.3, 0.4) is 0 Å². The molecule has 1 atom stereocenters. The van der Waals surface area contributed by atoms with E-state index >= 15 is 0 Å². The molecule has 102 valence electrons. The Bertz CT molecular complexity index is 617. The number of benzene rings is 2. The number of hydrogen-bond donors (Lipinski definition) is 1. The van der Waals surface area contributed by atoms with Gasteiger partial charge in [0, 0.05) is 5.56 Å². The van der Waals surface area contributed by atoms with Crippen LogP contribution in [0, 0.1) is 0 Å². The summed E-state index contributed by atoms with van der Waals surface area (Å²) in [6.45, 7) is 5.21. The Balaban J connectivity index is 2.30. The van der Waals surface area contributed by atoms with Gasteiger partial charge in [0.1, 0.15) is 11.9 Å². The van der Waals surface area contributed by atoms with E-state index in [1.54, 1.807) is 6.92 Å². The smallest absolute Gasteiger partial charge is 0.334 e. The summed E-state index contributed by atoms with van der Waals surface area (Å²) in [6, 6.07) is 17.4. The molecule has 0 saturated heterocycles. The van der Waals surface area contributed by atoms with Gasteiger partial charge in [-0.05, 0) is 18.6 Å². The quantitative estimate of drug-likeness (QED) is 0.840. The van der Waals surface area contributed by atoms with Gasteiger partial charge < -0.3 is 9.84 Å². The van der Waals surface area contributed by atoms with E-state index in [1.807, 2.05) is 54.6 Å². The maximum absolute atomic E-state index is 10.9. The summed E-state index contributed by atoms with van der Waals surface area (Å²) in [6.07, 6.45) is -0.586. The van der Waals surface area contributed by atoms with Crippen LogP contribution in [0.4, 0.5) is 0 Å². The van der Waals surface area contributed by atoms with Crippen LogP contribution < -0.4 is 4.74 Å². The van der Waals surface area contributed by atoms with Gasteiger partial charge in [0.05, 0.1) is 5.57 Å². The van der Waals surface area contributed by atoms with Crippen molar-refractivity contribution in [2.45, 2.75) is 13.0 Å². The number of hydrogen-bond acceptors (Lipinski definition) is 2. The van der Waals surface area contributed by atoms with Crippen molar-refractivity contribution in [2.24, 2.45) is 0 Å². The molecule has 0 fully saturated rings. The molecular formula is C17H16O3. The third kappa shape index (κ3) is 3.06. The van der Waals surface area contributed by atoms with Crippen LogP contribution in [-0.4, -0.2) is 17.2 Å². The molecule has 0 amide bonds. The van der Waals surface area contributed by atoms with Crippen LogP contribution in [-0.2, 0) is 4.79 Å². The fourth-order valence-electron chi connectivity index (χ4n) is 1.86. The molecule has 1 N–H and O–H groups in total. The molecule has 0 radical (unpaired) electrons. The molecule has 0 heterocycles.